The lowest BCUT2D eigenvalue weighted by atomic mass is 10.3. The van der Waals surface area contributed by atoms with Crippen LogP contribution in [0.3, 0.4) is 0 Å². The lowest BCUT2D eigenvalue weighted by Crippen LogP contribution is -2.54. The molecule has 2 aromatic rings. The molecule has 2 aromatic carbocycles. The Morgan fingerprint density at radius 3 is 1.92 bits per heavy atom. The van der Waals surface area contributed by atoms with E-state index in [2.05, 4.69) is 80.0 Å². The van der Waals surface area contributed by atoms with Crippen LogP contribution in [0.1, 0.15) is 6.42 Å². The van der Waals surface area contributed by atoms with Gasteiger partial charge in [-0.15, -0.1) is 13.2 Å². The minimum Gasteiger partial charge on any atom is -0.335 e. The third-order valence-electron chi connectivity index (χ3n) is 4.55. The van der Waals surface area contributed by atoms with E-state index in [0.717, 1.165) is 0 Å². The number of benzene rings is 2. The molecule has 0 heterocycles. The molecule has 1 amide bonds. The Labute approximate surface area is 158 Å². The molecule has 2 rings (SSSR count). The smallest absolute Gasteiger partial charge is 0.226 e. The molecule has 0 aliphatic rings. The van der Waals surface area contributed by atoms with Crippen LogP contribution in [0.25, 0.3) is 0 Å². The fourth-order valence-electron chi connectivity index (χ4n) is 3.03. The molecule has 0 radical (unpaired) electrons. The first-order valence-electron chi connectivity index (χ1n) is 8.90. The Kier molecular flexibility index (Phi) is 7.36. The first kappa shape index (κ1) is 19.7. The average molecular weight is 362 g/mol. The highest BCUT2D eigenvalue weighted by Gasteiger charge is 2.28. The Balaban J connectivity index is 2.29. The Morgan fingerprint density at radius 1 is 0.923 bits per heavy atom. The molecule has 0 N–H and O–H groups in total. The summed E-state index contributed by atoms with van der Waals surface area (Å²) in [6.07, 6.45) is 5.90. The van der Waals surface area contributed by atoms with Gasteiger partial charge in [-0.2, -0.15) is 0 Å². The second kappa shape index (κ2) is 9.73. The number of nitrogens with zero attached hydrogens (tertiary/aromatic N) is 1. The van der Waals surface area contributed by atoms with Crippen LogP contribution in [0.2, 0.25) is 6.55 Å². The molecule has 0 aliphatic heterocycles. The summed E-state index contributed by atoms with van der Waals surface area (Å²) in [7, 11) is -2.01. The number of carbonyl (C=O) groups excluding carboxylic acids is 1. The van der Waals surface area contributed by atoms with Gasteiger partial charge in [0, 0.05) is 19.5 Å². The topological polar surface area (TPSA) is 20.3 Å². The first-order chi connectivity index (χ1) is 12.6. The number of amides is 1. The molecular formula is C23H27NOSi. The third-order valence-corrected chi connectivity index (χ3v) is 8.51. The summed E-state index contributed by atoms with van der Waals surface area (Å²) in [5.74, 6) is 0.0762. The summed E-state index contributed by atoms with van der Waals surface area (Å²) in [5.41, 5.74) is 2.33. The number of hydrogen-bond acceptors (Lipinski definition) is 1. The zero-order valence-electron chi connectivity index (χ0n) is 15.5. The molecule has 0 bridgehead atoms. The van der Waals surface area contributed by atoms with Gasteiger partial charge in [-0.3, -0.25) is 4.79 Å². The van der Waals surface area contributed by atoms with Gasteiger partial charge in [-0.05, 0) is 0 Å². The maximum absolute atomic E-state index is 12.2. The number of carbonyl (C=O) groups is 1. The molecule has 0 saturated carbocycles. The highest BCUT2D eigenvalue weighted by molar-refractivity contribution is 7.05. The van der Waals surface area contributed by atoms with Crippen LogP contribution in [0.15, 0.2) is 97.7 Å². The van der Waals surface area contributed by atoms with Crippen molar-refractivity contribution in [2.45, 2.75) is 13.0 Å². The van der Waals surface area contributed by atoms with Gasteiger partial charge in [-0.25, -0.2) is 0 Å². The monoisotopic (exact) mass is 361 g/mol. The van der Waals surface area contributed by atoms with E-state index in [9.17, 15) is 4.79 Å². The maximum Gasteiger partial charge on any atom is 0.226 e. The Bertz CT molecular complexity index is 713. The summed E-state index contributed by atoms with van der Waals surface area (Å²) in [5, 5.41) is 2.71. The molecule has 0 aliphatic carbocycles. The third kappa shape index (κ3) is 4.93. The van der Waals surface area contributed by atoms with Gasteiger partial charge in [0.25, 0.3) is 0 Å². The molecule has 26 heavy (non-hydrogen) atoms. The maximum atomic E-state index is 12.2. The largest absolute Gasteiger partial charge is 0.335 e. The van der Waals surface area contributed by atoms with Gasteiger partial charge in [0.2, 0.25) is 5.91 Å². The van der Waals surface area contributed by atoms with E-state index in [1.807, 2.05) is 12.1 Å². The average Bonchev–Trinajstić information content (AvgIpc) is 2.68. The van der Waals surface area contributed by atoms with Crippen molar-refractivity contribution >= 4 is 24.4 Å². The summed E-state index contributed by atoms with van der Waals surface area (Å²) >= 11 is 0. The lowest BCUT2D eigenvalue weighted by molar-refractivity contribution is -0.129. The normalized spacial score (nSPS) is 11.3. The quantitative estimate of drug-likeness (QED) is 0.494. The minimum atomic E-state index is -2.01. The second-order valence-electron chi connectivity index (χ2n) is 6.42. The van der Waals surface area contributed by atoms with Gasteiger partial charge in [0.05, 0.1) is 0 Å². The highest BCUT2D eigenvalue weighted by Crippen LogP contribution is 2.08. The summed E-state index contributed by atoms with van der Waals surface area (Å²) in [6.45, 7) is 10.9. The molecule has 2 nitrogen and oxygen atoms in total. The Morgan fingerprint density at radius 2 is 1.46 bits per heavy atom. The SMILES string of the molecule is C=CCC(=O)N(CC=C)C/C=C/[Si](C)(c1ccccc1)c1ccccc1. The van der Waals surface area contributed by atoms with Crippen LogP contribution in [-0.2, 0) is 4.79 Å². The molecule has 0 unspecified atom stereocenters. The molecule has 0 atom stereocenters. The summed E-state index contributed by atoms with van der Waals surface area (Å²) in [4.78, 5) is 14.0. The predicted octanol–water partition coefficient (Wildman–Crippen LogP) is 3.57. The van der Waals surface area contributed by atoms with Gasteiger partial charge in [0.15, 0.2) is 0 Å². The van der Waals surface area contributed by atoms with Crippen molar-refractivity contribution in [3.8, 4) is 0 Å². The molecular weight excluding hydrogens is 334 g/mol. The van der Waals surface area contributed by atoms with Crippen LogP contribution in [-0.4, -0.2) is 32.0 Å². The minimum absolute atomic E-state index is 0.0762. The zero-order chi connectivity index (χ0) is 18.8. The van der Waals surface area contributed by atoms with E-state index in [1.165, 1.54) is 10.4 Å². The molecule has 0 saturated heterocycles. The fourth-order valence-corrected chi connectivity index (χ4v) is 6.09. The van der Waals surface area contributed by atoms with E-state index in [4.69, 9.17) is 0 Å². The van der Waals surface area contributed by atoms with Crippen molar-refractivity contribution < 1.29 is 4.79 Å². The van der Waals surface area contributed by atoms with E-state index in [-0.39, 0.29) is 5.91 Å². The van der Waals surface area contributed by atoms with Gasteiger partial charge in [-0.1, -0.05) is 102 Å². The number of hydrogen-bond donors (Lipinski definition) is 0. The molecule has 0 spiro atoms. The van der Waals surface area contributed by atoms with E-state index < -0.39 is 8.07 Å². The first-order valence-corrected chi connectivity index (χ1v) is 11.5. The number of rotatable bonds is 9. The lowest BCUT2D eigenvalue weighted by Gasteiger charge is -2.26. The summed E-state index contributed by atoms with van der Waals surface area (Å²) < 4.78 is 0. The zero-order valence-corrected chi connectivity index (χ0v) is 16.5. The van der Waals surface area contributed by atoms with Crippen molar-refractivity contribution in [1.29, 1.82) is 0 Å². The van der Waals surface area contributed by atoms with Gasteiger partial charge < -0.3 is 4.90 Å². The standard InChI is InChI=1S/C23H27NOSi/c1-4-13-23(25)24(18-5-2)19-12-20-26(3,21-14-8-6-9-15-21)22-16-10-7-11-17-22/h4-12,14-17,20H,1-2,13,18-19H2,3H3/b20-12+. The summed E-state index contributed by atoms with van der Waals surface area (Å²) in [6, 6.07) is 21.3. The van der Waals surface area contributed by atoms with Crippen LogP contribution in [0.4, 0.5) is 0 Å². The molecule has 0 aromatic heterocycles. The van der Waals surface area contributed by atoms with E-state index in [1.54, 1.807) is 17.1 Å². The van der Waals surface area contributed by atoms with Crippen LogP contribution in [0.5, 0.6) is 0 Å². The van der Waals surface area contributed by atoms with Crippen molar-refractivity contribution in [2.24, 2.45) is 0 Å². The predicted molar refractivity (Wildman–Crippen MR) is 115 cm³/mol. The molecule has 3 heteroatoms. The van der Waals surface area contributed by atoms with Crippen LogP contribution >= 0.6 is 0 Å². The van der Waals surface area contributed by atoms with Crippen molar-refractivity contribution in [1.82, 2.24) is 4.90 Å². The highest BCUT2D eigenvalue weighted by atomic mass is 28.3. The van der Waals surface area contributed by atoms with Gasteiger partial charge >= 0.3 is 0 Å². The van der Waals surface area contributed by atoms with Crippen molar-refractivity contribution in [3.63, 3.8) is 0 Å². The van der Waals surface area contributed by atoms with Crippen molar-refractivity contribution in [2.75, 3.05) is 13.1 Å². The molecule has 0 fully saturated rings. The van der Waals surface area contributed by atoms with Crippen LogP contribution < -0.4 is 10.4 Å². The van der Waals surface area contributed by atoms with Gasteiger partial charge in [0.1, 0.15) is 8.07 Å². The molecule has 134 valence electrons. The van der Waals surface area contributed by atoms with Crippen LogP contribution in [0, 0.1) is 0 Å². The Hall–Kier alpha value is -2.65. The van der Waals surface area contributed by atoms with Crippen molar-refractivity contribution in [3.05, 3.63) is 97.7 Å². The fraction of sp³-hybridized carbons (Fsp3) is 0.174. The van der Waals surface area contributed by atoms with E-state index in [0.29, 0.717) is 19.5 Å². The van der Waals surface area contributed by atoms with E-state index >= 15 is 0 Å². The second-order valence-corrected chi connectivity index (χ2v) is 10.3.